The summed E-state index contributed by atoms with van der Waals surface area (Å²) >= 11 is 5.67. The summed E-state index contributed by atoms with van der Waals surface area (Å²) in [5, 5.41) is 33.0. The second-order valence-corrected chi connectivity index (χ2v) is 4.86. The van der Waals surface area contributed by atoms with Crippen LogP contribution in [0.3, 0.4) is 0 Å². The van der Waals surface area contributed by atoms with E-state index in [1.165, 1.54) is 24.8 Å². The molecule has 0 bridgehead atoms. The fourth-order valence-electron chi connectivity index (χ4n) is 1.81. The number of nitrogens with zero attached hydrogens (tertiary/aromatic N) is 6. The molecule has 2 aromatic heterocycles. The van der Waals surface area contributed by atoms with E-state index in [4.69, 9.17) is 17.0 Å². The first-order valence-electron chi connectivity index (χ1n) is 6.23. The smallest absolute Gasteiger partial charge is 0.182 e. The number of anilines is 1. The summed E-state index contributed by atoms with van der Waals surface area (Å²) in [4.78, 5) is 0. The van der Waals surface area contributed by atoms with Gasteiger partial charge in [0.05, 0.1) is 17.3 Å². The van der Waals surface area contributed by atoms with E-state index in [1.807, 2.05) is 0 Å². The topological polar surface area (TPSA) is 117 Å². The maximum absolute atomic E-state index is 13.2. The highest BCUT2D eigenvalue weighted by molar-refractivity contribution is 6.31. The third kappa shape index (κ3) is 3.03. The van der Waals surface area contributed by atoms with Gasteiger partial charge in [-0.05, 0) is 23.4 Å². The van der Waals surface area contributed by atoms with Crippen molar-refractivity contribution in [3.8, 4) is 0 Å². The van der Waals surface area contributed by atoms with Crippen LogP contribution in [0.4, 0.5) is 10.1 Å². The molecule has 2 N–H and O–H groups in total. The first-order chi connectivity index (χ1) is 11.1. The number of hydrogen-bond acceptors (Lipinski definition) is 7. The summed E-state index contributed by atoms with van der Waals surface area (Å²) in [5.41, 5.74) is 0.406. The minimum atomic E-state index is -0.633. The Kier molecular flexibility index (Phi) is 4.00. The number of hydrogen-bond donors (Lipinski definition) is 2. The molecule has 0 saturated carbocycles. The van der Waals surface area contributed by atoms with Crippen molar-refractivity contribution in [2.45, 2.75) is 6.54 Å². The van der Waals surface area contributed by atoms with E-state index < -0.39 is 11.7 Å². The van der Waals surface area contributed by atoms with E-state index in [0.717, 1.165) is 6.07 Å². The highest BCUT2D eigenvalue weighted by Gasteiger charge is 2.21. The summed E-state index contributed by atoms with van der Waals surface area (Å²) < 4.78 is 19.4. The third-order valence-corrected chi connectivity index (χ3v) is 3.23. The molecule has 3 rings (SSSR count). The molecule has 3 aromatic rings. The highest BCUT2D eigenvalue weighted by Crippen LogP contribution is 2.23. The monoisotopic (exact) mass is 337 g/mol. The number of benzene rings is 1. The molecule has 23 heavy (non-hydrogen) atoms. The van der Waals surface area contributed by atoms with Gasteiger partial charge in [0.2, 0.25) is 0 Å². The maximum atomic E-state index is 13.2. The molecule has 0 saturated heterocycles. The normalized spacial score (nSPS) is 10.7. The lowest BCUT2D eigenvalue weighted by molar-refractivity contribution is 0.297. The first kappa shape index (κ1) is 15.1. The molecule has 0 aliphatic carbocycles. The Hall–Kier alpha value is -2.85. The van der Waals surface area contributed by atoms with Crippen LogP contribution < -0.4 is 5.06 Å². The Morgan fingerprint density at radius 2 is 2.09 bits per heavy atom. The van der Waals surface area contributed by atoms with Crippen molar-refractivity contribution < 1.29 is 14.2 Å². The van der Waals surface area contributed by atoms with E-state index in [9.17, 15) is 9.60 Å². The second-order valence-electron chi connectivity index (χ2n) is 4.45. The maximum Gasteiger partial charge on any atom is 0.182 e. The molecule has 9 nitrogen and oxygen atoms in total. The number of hydroxylamine groups is 1. The number of nitrogens with one attached hydrogen (secondary N) is 1. The van der Waals surface area contributed by atoms with Gasteiger partial charge in [0, 0.05) is 0 Å². The van der Waals surface area contributed by atoms with E-state index in [2.05, 4.69) is 25.1 Å². The number of halogens is 2. The van der Waals surface area contributed by atoms with Gasteiger partial charge in [-0.25, -0.2) is 14.1 Å². The average molecular weight is 338 g/mol. The summed E-state index contributed by atoms with van der Waals surface area (Å²) in [7, 11) is 0. The van der Waals surface area contributed by atoms with Gasteiger partial charge in [-0.2, -0.15) is 0 Å². The minimum Gasteiger partial charge on any atom is -0.314 e. The van der Waals surface area contributed by atoms with Gasteiger partial charge in [0.15, 0.2) is 11.5 Å². The van der Waals surface area contributed by atoms with Crippen molar-refractivity contribution >= 4 is 23.1 Å². The predicted octanol–water partition coefficient (Wildman–Crippen LogP) is 1.72. The highest BCUT2D eigenvalue weighted by atomic mass is 35.5. The third-order valence-electron chi connectivity index (χ3n) is 2.94. The molecule has 2 heterocycles. The second kappa shape index (κ2) is 6.10. The van der Waals surface area contributed by atoms with Crippen LogP contribution in [0, 0.1) is 11.2 Å². The van der Waals surface area contributed by atoms with Crippen LogP contribution in [0.2, 0.25) is 5.02 Å². The summed E-state index contributed by atoms with van der Waals surface area (Å²) in [6, 6.07) is 3.52. The molecule has 0 aliphatic heterocycles. The summed E-state index contributed by atoms with van der Waals surface area (Å²) in [6.45, 7) is 0.201. The molecule has 0 unspecified atom stereocenters. The van der Waals surface area contributed by atoms with Crippen molar-refractivity contribution in [1.29, 1.82) is 5.41 Å². The van der Waals surface area contributed by atoms with Crippen molar-refractivity contribution in [3.63, 3.8) is 0 Å². The quantitative estimate of drug-likeness (QED) is 0.423. The average Bonchev–Trinajstić information content (AvgIpc) is 3.21. The van der Waals surface area contributed by atoms with Crippen LogP contribution in [-0.2, 0) is 6.54 Å². The molecule has 0 fully saturated rings. The summed E-state index contributed by atoms with van der Waals surface area (Å²) in [5.74, 6) is -1.04. The zero-order valence-corrected chi connectivity index (χ0v) is 12.1. The van der Waals surface area contributed by atoms with Crippen LogP contribution in [0.1, 0.15) is 11.4 Å². The molecule has 1 aromatic carbocycles. The van der Waals surface area contributed by atoms with E-state index in [-0.39, 0.29) is 22.9 Å². The Morgan fingerprint density at radius 3 is 2.78 bits per heavy atom. The fraction of sp³-hybridized carbons (Fsp3) is 0.0833. The standard InChI is InChI=1S/C12H9ClFN7O2/c13-8-3-7(1-2-9(8)14)21(22)12(15)11-10(18-23-19-11)4-20-5-16-17-6-20/h1-3,5-6,15,22H,4H2. The van der Waals surface area contributed by atoms with Crippen molar-refractivity contribution in [1.82, 2.24) is 25.1 Å². The van der Waals surface area contributed by atoms with Gasteiger partial charge >= 0.3 is 0 Å². The van der Waals surface area contributed by atoms with Crippen LogP contribution in [0.15, 0.2) is 35.5 Å². The Bertz CT molecular complexity index is 836. The lowest BCUT2D eigenvalue weighted by Crippen LogP contribution is -2.28. The van der Waals surface area contributed by atoms with Crippen molar-refractivity contribution in [2.75, 3.05) is 5.06 Å². The molecule has 0 aliphatic rings. The lowest BCUT2D eigenvalue weighted by atomic mass is 10.2. The van der Waals surface area contributed by atoms with Gasteiger partial charge < -0.3 is 4.57 Å². The minimum absolute atomic E-state index is 0.0154. The van der Waals surface area contributed by atoms with Crippen molar-refractivity contribution in [3.05, 3.63) is 53.1 Å². The zero-order chi connectivity index (χ0) is 16.4. The fourth-order valence-corrected chi connectivity index (χ4v) is 1.99. The Labute approximate surface area is 133 Å². The van der Waals surface area contributed by atoms with Crippen LogP contribution in [-0.4, -0.2) is 36.1 Å². The SMILES string of the molecule is N=C(c1nonc1Cn1cnnc1)N(O)c1ccc(F)c(Cl)c1. The first-order valence-corrected chi connectivity index (χ1v) is 6.61. The zero-order valence-electron chi connectivity index (χ0n) is 11.4. The van der Waals surface area contributed by atoms with E-state index in [1.54, 1.807) is 4.57 Å². The van der Waals surface area contributed by atoms with Crippen LogP contribution >= 0.6 is 11.6 Å². The number of aromatic nitrogens is 5. The van der Waals surface area contributed by atoms with Gasteiger partial charge in [-0.15, -0.1) is 10.2 Å². The number of rotatable bonds is 4. The molecule has 0 spiro atoms. The summed E-state index contributed by atoms with van der Waals surface area (Å²) in [6.07, 6.45) is 2.91. The van der Waals surface area contributed by atoms with Crippen molar-refractivity contribution in [2.24, 2.45) is 0 Å². The molecule has 0 amide bonds. The van der Waals surface area contributed by atoms with Gasteiger partial charge in [-0.1, -0.05) is 16.8 Å². The molecule has 0 radical (unpaired) electrons. The van der Waals surface area contributed by atoms with Gasteiger partial charge in [-0.3, -0.25) is 10.6 Å². The van der Waals surface area contributed by atoms with E-state index >= 15 is 0 Å². The molecular formula is C12H9ClFN7O2. The molecule has 11 heteroatoms. The van der Waals surface area contributed by atoms with Gasteiger partial charge in [0.25, 0.3) is 0 Å². The van der Waals surface area contributed by atoms with Crippen LogP contribution in [0.25, 0.3) is 0 Å². The van der Waals surface area contributed by atoms with Crippen LogP contribution in [0.5, 0.6) is 0 Å². The number of amidine groups is 1. The Morgan fingerprint density at radius 1 is 1.35 bits per heavy atom. The molecule has 0 atom stereocenters. The Balaban J connectivity index is 1.85. The van der Waals surface area contributed by atoms with Gasteiger partial charge in [0.1, 0.15) is 24.2 Å². The molecular weight excluding hydrogens is 329 g/mol. The van der Waals surface area contributed by atoms with E-state index in [0.29, 0.717) is 10.8 Å². The largest absolute Gasteiger partial charge is 0.314 e. The lowest BCUT2D eigenvalue weighted by Gasteiger charge is -2.16. The predicted molar refractivity (Wildman–Crippen MR) is 75.9 cm³/mol. The molecule has 118 valence electrons.